The fourth-order valence-corrected chi connectivity index (χ4v) is 9.99. The van der Waals surface area contributed by atoms with E-state index in [1.807, 2.05) is 13.0 Å². The molecule has 0 spiro atoms. The smallest absolute Gasteiger partial charge is 0.0620 e. The Kier molecular flexibility index (Phi) is 13.2. The fraction of sp³-hybridized carbons (Fsp3) is 0.138. The summed E-state index contributed by atoms with van der Waals surface area (Å²) < 4.78 is 4.92. The van der Waals surface area contributed by atoms with Crippen LogP contribution < -0.4 is 10.6 Å². The SMILES string of the molecule is C=Cc1ccc(-n2c(=C)/c(=C(\C=C/C)C3=CC=CCC3)c3cccc(-c4cccc5c6cc(C7=CCCC=C7)cc(C(=C)/C=C\C=C/C)c6n(C6=CCC=C(/C(C)=C/C=C\C)C=C6)c45)c32)cc1. The number of hydrogen-bond donors (Lipinski definition) is 0. The Labute approximate surface area is 397 Å². The molecule has 0 atom stereocenters. The monoisotopic (exact) mass is 868 g/mol. The average Bonchev–Trinajstić information content (AvgIpc) is 3.73. The largest absolute Gasteiger partial charge is 0.309 e. The lowest BCUT2D eigenvalue weighted by atomic mass is 9.92. The Morgan fingerprint density at radius 3 is 2.16 bits per heavy atom. The maximum Gasteiger partial charge on any atom is 0.0620 e. The van der Waals surface area contributed by atoms with Gasteiger partial charge in [-0.25, -0.2) is 0 Å². The van der Waals surface area contributed by atoms with Gasteiger partial charge in [0.2, 0.25) is 0 Å². The molecule has 330 valence electrons. The Morgan fingerprint density at radius 2 is 1.46 bits per heavy atom. The van der Waals surface area contributed by atoms with E-state index in [0.717, 1.165) is 98.4 Å². The molecule has 2 heteroatoms. The first kappa shape index (κ1) is 44.5. The van der Waals surface area contributed by atoms with Gasteiger partial charge in [0, 0.05) is 54.8 Å². The lowest BCUT2D eigenvalue weighted by molar-refractivity contribution is 0.994. The average molecular weight is 869 g/mol. The maximum absolute atomic E-state index is 4.94. The maximum atomic E-state index is 4.94. The number of aromatic nitrogens is 2. The molecular formula is C65H60N2. The lowest BCUT2D eigenvalue weighted by Gasteiger charge is -2.17. The molecule has 0 saturated heterocycles. The topological polar surface area (TPSA) is 9.86 Å². The van der Waals surface area contributed by atoms with E-state index in [1.54, 1.807) is 0 Å². The number of fused-ring (bicyclic) bond motifs is 4. The van der Waals surface area contributed by atoms with Crippen molar-refractivity contribution in [1.82, 2.24) is 9.13 Å². The lowest BCUT2D eigenvalue weighted by Crippen LogP contribution is -2.29. The van der Waals surface area contributed by atoms with E-state index < -0.39 is 0 Å². The van der Waals surface area contributed by atoms with E-state index in [9.17, 15) is 0 Å². The third-order valence-electron chi connectivity index (χ3n) is 13.2. The fourth-order valence-electron chi connectivity index (χ4n) is 9.99. The Balaban J connectivity index is 1.44. The highest BCUT2D eigenvalue weighted by Crippen LogP contribution is 2.44. The zero-order chi connectivity index (χ0) is 46.4. The van der Waals surface area contributed by atoms with Crippen molar-refractivity contribution in [3.63, 3.8) is 0 Å². The van der Waals surface area contributed by atoms with Gasteiger partial charge in [0.15, 0.2) is 0 Å². The first-order chi connectivity index (χ1) is 32.9. The highest BCUT2D eigenvalue weighted by Gasteiger charge is 2.25. The van der Waals surface area contributed by atoms with Crippen LogP contribution in [0.1, 0.15) is 76.5 Å². The molecule has 0 aliphatic heterocycles. The standard InChI is InChI=1S/C65H60N2/c1-8-12-16-26-46(6)60-43-52(50-27-17-14-18-28-50)44-61-58-35-22-33-56(63(58)67(65(60)61)53-32-21-31-49(39-42-53)45(5)25-13-9-2)57-34-23-36-59-62(55(24-10-3)51-29-19-15-20-30-51)47(7)66(64(57)59)54-40-37-48(11-4)38-41-54/h8-13,15-17,19,22-29,31-44H,4,6-7,14,18,20-21,30H2,1-3,5H3/b12-8-,13-9-,24-10-,26-16-,45-25+,62-55-. The van der Waals surface area contributed by atoms with E-state index in [4.69, 9.17) is 13.2 Å². The van der Waals surface area contributed by atoms with Gasteiger partial charge in [-0.05, 0) is 135 Å². The summed E-state index contributed by atoms with van der Waals surface area (Å²) >= 11 is 0. The Bertz CT molecular complexity index is 3480. The first-order valence-corrected chi connectivity index (χ1v) is 23.8. The molecule has 0 amide bonds. The van der Waals surface area contributed by atoms with Gasteiger partial charge in [0.25, 0.3) is 0 Å². The number of nitrogens with zero attached hydrogens (tertiary/aromatic N) is 2. The molecule has 6 aromatic rings. The van der Waals surface area contributed by atoms with Crippen molar-refractivity contribution >= 4 is 67.8 Å². The second-order valence-electron chi connectivity index (χ2n) is 17.5. The summed E-state index contributed by atoms with van der Waals surface area (Å²) in [5, 5.41) is 5.69. The normalized spacial score (nSPS) is 16.2. The van der Waals surface area contributed by atoms with Crippen LogP contribution in [0.3, 0.4) is 0 Å². The predicted octanol–water partition coefficient (Wildman–Crippen LogP) is 16.6. The van der Waals surface area contributed by atoms with E-state index >= 15 is 0 Å². The van der Waals surface area contributed by atoms with Gasteiger partial charge in [0.05, 0.1) is 16.6 Å². The van der Waals surface area contributed by atoms with Crippen molar-refractivity contribution in [1.29, 1.82) is 0 Å². The van der Waals surface area contributed by atoms with Crippen LogP contribution in [0.5, 0.6) is 0 Å². The minimum atomic E-state index is 0.789. The second kappa shape index (κ2) is 19.8. The molecule has 9 rings (SSSR count). The minimum absolute atomic E-state index is 0.789. The molecule has 0 saturated carbocycles. The van der Waals surface area contributed by atoms with Crippen LogP contribution in [0.4, 0.5) is 0 Å². The minimum Gasteiger partial charge on any atom is -0.309 e. The van der Waals surface area contributed by atoms with Crippen LogP contribution in [0.25, 0.3) is 84.6 Å². The highest BCUT2D eigenvalue weighted by molar-refractivity contribution is 6.19. The van der Waals surface area contributed by atoms with Crippen LogP contribution in [-0.2, 0) is 0 Å². The van der Waals surface area contributed by atoms with Crippen molar-refractivity contribution < 1.29 is 0 Å². The molecule has 2 heterocycles. The molecular weight excluding hydrogens is 809 g/mol. The summed E-state index contributed by atoms with van der Waals surface area (Å²) in [5.74, 6) is 0. The first-order valence-electron chi connectivity index (χ1n) is 23.8. The van der Waals surface area contributed by atoms with Crippen LogP contribution in [0, 0.1) is 0 Å². The Morgan fingerprint density at radius 1 is 0.687 bits per heavy atom. The van der Waals surface area contributed by atoms with Gasteiger partial charge in [-0.3, -0.25) is 0 Å². The van der Waals surface area contributed by atoms with E-state index in [1.165, 1.54) is 49.6 Å². The predicted molar refractivity (Wildman–Crippen MR) is 295 cm³/mol. The molecule has 0 bridgehead atoms. The summed E-state index contributed by atoms with van der Waals surface area (Å²) in [6.45, 7) is 22.2. The van der Waals surface area contributed by atoms with Crippen molar-refractivity contribution in [2.24, 2.45) is 0 Å². The molecule has 2 nitrogen and oxygen atoms in total. The number of hydrogen-bond acceptors (Lipinski definition) is 0. The van der Waals surface area contributed by atoms with E-state index in [2.05, 4.69) is 225 Å². The van der Waals surface area contributed by atoms with Crippen molar-refractivity contribution in [2.75, 3.05) is 0 Å². The van der Waals surface area contributed by atoms with Gasteiger partial charge >= 0.3 is 0 Å². The number of rotatable bonds is 12. The van der Waals surface area contributed by atoms with E-state index in [0.29, 0.717) is 0 Å². The number of allylic oxidation sites excluding steroid dienone is 25. The molecule has 4 aromatic carbocycles. The van der Waals surface area contributed by atoms with Crippen LogP contribution >= 0.6 is 0 Å². The summed E-state index contributed by atoms with van der Waals surface area (Å²) in [5.41, 5.74) is 18.5. The second-order valence-corrected chi connectivity index (χ2v) is 17.5. The molecule has 67 heavy (non-hydrogen) atoms. The molecule has 0 radical (unpaired) electrons. The summed E-state index contributed by atoms with van der Waals surface area (Å²) in [6.07, 6.45) is 49.0. The summed E-state index contributed by atoms with van der Waals surface area (Å²) in [4.78, 5) is 0. The van der Waals surface area contributed by atoms with Gasteiger partial charge < -0.3 is 9.13 Å². The van der Waals surface area contributed by atoms with Crippen LogP contribution in [-0.4, -0.2) is 9.13 Å². The van der Waals surface area contributed by atoms with Crippen molar-refractivity contribution in [2.45, 2.75) is 59.8 Å². The molecule has 3 aliphatic carbocycles. The zero-order valence-corrected chi connectivity index (χ0v) is 39.5. The molecule has 0 N–H and O–H groups in total. The third kappa shape index (κ3) is 8.52. The summed E-state index contributed by atoms with van der Waals surface area (Å²) in [7, 11) is 0. The molecule has 0 fully saturated rings. The van der Waals surface area contributed by atoms with Gasteiger partial charge in [-0.1, -0.05) is 184 Å². The zero-order valence-electron chi connectivity index (χ0n) is 39.5. The quantitative estimate of drug-likeness (QED) is 0.108. The Hall–Kier alpha value is -7.68. The van der Waals surface area contributed by atoms with E-state index in [-0.39, 0.29) is 0 Å². The van der Waals surface area contributed by atoms with Crippen LogP contribution in [0.2, 0.25) is 0 Å². The molecule has 0 unspecified atom stereocenters. The van der Waals surface area contributed by atoms with Crippen molar-refractivity contribution in [3.8, 4) is 16.8 Å². The third-order valence-corrected chi connectivity index (χ3v) is 13.2. The van der Waals surface area contributed by atoms with Gasteiger partial charge in [-0.2, -0.15) is 0 Å². The highest BCUT2D eigenvalue weighted by atomic mass is 15.0. The molecule has 2 aromatic heterocycles. The van der Waals surface area contributed by atoms with Gasteiger partial charge in [-0.15, -0.1) is 0 Å². The molecule has 3 aliphatic rings. The number of para-hydroxylation sites is 2. The van der Waals surface area contributed by atoms with Gasteiger partial charge in [0.1, 0.15) is 0 Å². The van der Waals surface area contributed by atoms with Crippen molar-refractivity contribution in [3.05, 3.63) is 245 Å². The summed E-state index contributed by atoms with van der Waals surface area (Å²) in [6, 6.07) is 27.2. The van der Waals surface area contributed by atoms with Crippen LogP contribution in [0.15, 0.2) is 218 Å². The number of benzene rings is 4.